The van der Waals surface area contributed by atoms with Gasteiger partial charge < -0.3 is 14.5 Å². The number of fused-ring (bicyclic) bond motifs is 1. The van der Waals surface area contributed by atoms with Crippen molar-refractivity contribution in [3.63, 3.8) is 0 Å². The van der Waals surface area contributed by atoms with Crippen molar-refractivity contribution in [3.8, 4) is 5.75 Å². The smallest absolute Gasteiger partial charge is 0.387 e. The summed E-state index contributed by atoms with van der Waals surface area (Å²) in [5.41, 5.74) is 0.0236. The number of aromatic nitrogens is 2. The van der Waals surface area contributed by atoms with Crippen LogP contribution in [0.15, 0.2) is 40.5 Å². The SMILES string of the molecule is O=C(OCc1nc2ccsc2c(=O)[nH]1)c1ccccc1OC(F)F. The van der Waals surface area contributed by atoms with E-state index in [1.165, 1.54) is 35.6 Å². The number of aromatic amines is 1. The molecule has 0 spiro atoms. The second-order valence-electron chi connectivity index (χ2n) is 4.60. The predicted molar refractivity (Wildman–Crippen MR) is 82.4 cm³/mol. The quantitative estimate of drug-likeness (QED) is 0.714. The first kappa shape index (κ1) is 16.1. The summed E-state index contributed by atoms with van der Waals surface area (Å²) in [7, 11) is 0. The number of esters is 1. The Kier molecular flexibility index (Phi) is 4.52. The summed E-state index contributed by atoms with van der Waals surface area (Å²) in [5, 5.41) is 1.72. The topological polar surface area (TPSA) is 81.3 Å². The van der Waals surface area contributed by atoms with Crippen molar-refractivity contribution >= 4 is 27.5 Å². The highest BCUT2D eigenvalue weighted by molar-refractivity contribution is 7.17. The molecule has 1 aromatic carbocycles. The van der Waals surface area contributed by atoms with Crippen molar-refractivity contribution in [1.82, 2.24) is 9.97 Å². The number of hydrogen-bond acceptors (Lipinski definition) is 6. The van der Waals surface area contributed by atoms with E-state index in [1.54, 1.807) is 11.4 Å². The Morgan fingerprint density at radius 3 is 2.88 bits per heavy atom. The summed E-state index contributed by atoms with van der Waals surface area (Å²) in [6.07, 6.45) is 0. The number of alkyl halides is 2. The fraction of sp³-hybridized carbons (Fsp3) is 0.133. The maximum Gasteiger partial charge on any atom is 0.387 e. The summed E-state index contributed by atoms with van der Waals surface area (Å²) in [4.78, 5) is 30.5. The van der Waals surface area contributed by atoms with Crippen LogP contribution < -0.4 is 10.3 Å². The highest BCUT2D eigenvalue weighted by atomic mass is 32.1. The molecule has 0 saturated heterocycles. The zero-order chi connectivity index (χ0) is 17.1. The van der Waals surface area contributed by atoms with Gasteiger partial charge in [-0.25, -0.2) is 9.78 Å². The zero-order valence-electron chi connectivity index (χ0n) is 12.0. The average Bonchev–Trinajstić information content (AvgIpc) is 3.01. The van der Waals surface area contributed by atoms with Crippen LogP contribution >= 0.6 is 11.3 Å². The van der Waals surface area contributed by atoms with Gasteiger partial charge in [0, 0.05) is 0 Å². The van der Waals surface area contributed by atoms with Gasteiger partial charge in [-0.1, -0.05) is 12.1 Å². The molecule has 0 bridgehead atoms. The second-order valence-corrected chi connectivity index (χ2v) is 5.51. The molecule has 124 valence electrons. The van der Waals surface area contributed by atoms with Gasteiger partial charge in [-0.2, -0.15) is 8.78 Å². The molecule has 0 saturated carbocycles. The van der Waals surface area contributed by atoms with Crippen LogP contribution in [0.4, 0.5) is 8.78 Å². The number of benzene rings is 1. The molecule has 3 aromatic rings. The lowest BCUT2D eigenvalue weighted by molar-refractivity contribution is -0.0505. The Hall–Kier alpha value is -2.81. The van der Waals surface area contributed by atoms with Gasteiger partial charge in [0.15, 0.2) is 0 Å². The second kappa shape index (κ2) is 6.75. The van der Waals surface area contributed by atoms with Crippen molar-refractivity contribution in [3.05, 3.63) is 57.5 Å². The molecule has 1 N–H and O–H groups in total. The molecule has 0 fully saturated rings. The number of nitrogens with zero attached hydrogens (tertiary/aromatic N) is 1. The first-order valence-electron chi connectivity index (χ1n) is 6.72. The van der Waals surface area contributed by atoms with E-state index in [4.69, 9.17) is 4.74 Å². The number of thiophene rings is 1. The van der Waals surface area contributed by atoms with E-state index in [0.717, 1.165) is 0 Å². The van der Waals surface area contributed by atoms with Crippen LogP contribution in [-0.4, -0.2) is 22.5 Å². The Morgan fingerprint density at radius 2 is 2.08 bits per heavy atom. The first-order chi connectivity index (χ1) is 11.5. The van der Waals surface area contributed by atoms with Gasteiger partial charge in [0.05, 0.1) is 5.52 Å². The molecule has 3 rings (SSSR count). The highest BCUT2D eigenvalue weighted by Crippen LogP contribution is 2.21. The van der Waals surface area contributed by atoms with E-state index in [0.29, 0.717) is 10.2 Å². The lowest BCUT2D eigenvalue weighted by atomic mass is 10.2. The monoisotopic (exact) mass is 352 g/mol. The van der Waals surface area contributed by atoms with Crippen LogP contribution in [0.1, 0.15) is 16.2 Å². The summed E-state index contributed by atoms with van der Waals surface area (Å²) in [6.45, 7) is -3.36. The third-order valence-corrected chi connectivity index (χ3v) is 3.93. The molecule has 0 aliphatic heterocycles. The molecule has 2 heterocycles. The Balaban J connectivity index is 1.76. The molecule has 6 nitrogen and oxygen atoms in total. The van der Waals surface area contributed by atoms with E-state index in [9.17, 15) is 18.4 Å². The van der Waals surface area contributed by atoms with Crippen molar-refractivity contribution in [2.75, 3.05) is 0 Å². The third-order valence-electron chi connectivity index (χ3n) is 3.03. The van der Waals surface area contributed by atoms with Gasteiger partial charge in [0.2, 0.25) is 0 Å². The number of hydrogen-bond donors (Lipinski definition) is 1. The maximum absolute atomic E-state index is 12.4. The van der Waals surface area contributed by atoms with Crippen LogP contribution in [0.25, 0.3) is 10.2 Å². The summed E-state index contributed by atoms with van der Waals surface area (Å²) in [5.74, 6) is -0.988. The number of H-pyrrole nitrogens is 1. The molecular formula is C15H10F2N2O4S. The van der Waals surface area contributed by atoms with E-state index < -0.39 is 12.6 Å². The fourth-order valence-electron chi connectivity index (χ4n) is 2.04. The lowest BCUT2D eigenvalue weighted by Crippen LogP contribution is -2.14. The van der Waals surface area contributed by atoms with Crippen LogP contribution in [0.5, 0.6) is 5.75 Å². The van der Waals surface area contributed by atoms with Gasteiger partial charge in [0.1, 0.15) is 28.4 Å². The highest BCUT2D eigenvalue weighted by Gasteiger charge is 2.17. The molecule has 0 unspecified atom stereocenters. The van der Waals surface area contributed by atoms with Gasteiger partial charge in [-0.3, -0.25) is 4.79 Å². The van der Waals surface area contributed by atoms with E-state index in [-0.39, 0.29) is 29.3 Å². The molecule has 0 radical (unpaired) electrons. The minimum absolute atomic E-state index is 0.142. The minimum Gasteiger partial charge on any atom is -0.454 e. The normalized spacial score (nSPS) is 11.0. The number of nitrogens with one attached hydrogen (secondary N) is 1. The molecule has 0 aliphatic rings. The molecular weight excluding hydrogens is 342 g/mol. The van der Waals surface area contributed by atoms with Crippen molar-refractivity contribution < 1.29 is 23.0 Å². The molecule has 9 heteroatoms. The van der Waals surface area contributed by atoms with Crippen molar-refractivity contribution in [2.24, 2.45) is 0 Å². The molecule has 0 atom stereocenters. The summed E-state index contributed by atoms with van der Waals surface area (Å²) < 4.78 is 34.5. The lowest BCUT2D eigenvalue weighted by Gasteiger charge is -2.10. The summed E-state index contributed by atoms with van der Waals surface area (Å²) in [6, 6.07) is 7.16. The number of halogens is 2. The fourth-order valence-corrected chi connectivity index (χ4v) is 2.76. The number of carbonyl (C=O) groups excluding carboxylic acids is 1. The molecule has 0 aliphatic carbocycles. The molecule has 0 amide bonds. The Morgan fingerprint density at radius 1 is 1.29 bits per heavy atom. The van der Waals surface area contributed by atoms with Crippen LogP contribution in [0.2, 0.25) is 0 Å². The van der Waals surface area contributed by atoms with Gasteiger partial charge in [-0.15, -0.1) is 11.3 Å². The molecule has 2 aromatic heterocycles. The van der Waals surface area contributed by atoms with Crippen LogP contribution in [0, 0.1) is 0 Å². The van der Waals surface area contributed by atoms with E-state index >= 15 is 0 Å². The average molecular weight is 352 g/mol. The van der Waals surface area contributed by atoms with Gasteiger partial charge in [-0.05, 0) is 23.6 Å². The number of ether oxygens (including phenoxy) is 2. The van der Waals surface area contributed by atoms with Crippen LogP contribution in [0.3, 0.4) is 0 Å². The predicted octanol–water partition coefficient (Wildman–Crippen LogP) is 2.94. The maximum atomic E-state index is 12.4. The largest absolute Gasteiger partial charge is 0.454 e. The van der Waals surface area contributed by atoms with E-state index in [2.05, 4.69) is 14.7 Å². The number of para-hydroxylation sites is 1. The third kappa shape index (κ3) is 3.40. The van der Waals surface area contributed by atoms with Gasteiger partial charge >= 0.3 is 12.6 Å². The number of carbonyl (C=O) groups is 1. The Labute approximate surface area is 137 Å². The zero-order valence-corrected chi connectivity index (χ0v) is 12.8. The first-order valence-corrected chi connectivity index (χ1v) is 7.60. The van der Waals surface area contributed by atoms with Gasteiger partial charge in [0.25, 0.3) is 5.56 Å². The van der Waals surface area contributed by atoms with E-state index in [1.807, 2.05) is 0 Å². The van der Waals surface area contributed by atoms with Crippen molar-refractivity contribution in [1.29, 1.82) is 0 Å². The Bertz CT molecular complexity index is 938. The summed E-state index contributed by atoms with van der Waals surface area (Å²) >= 11 is 1.25. The van der Waals surface area contributed by atoms with Crippen LogP contribution in [-0.2, 0) is 11.3 Å². The molecule has 24 heavy (non-hydrogen) atoms. The minimum atomic E-state index is -3.06. The van der Waals surface area contributed by atoms with Crippen molar-refractivity contribution in [2.45, 2.75) is 13.2 Å². The standard InChI is InChI=1S/C15H10F2N2O4S/c16-15(17)23-10-4-2-1-3-8(10)14(21)22-7-11-18-9-5-6-24-12(9)13(20)19-11/h1-6,15H,7H2,(H,18,19,20). The number of rotatable bonds is 5.